The van der Waals surface area contributed by atoms with Gasteiger partial charge in [-0.15, -0.1) is 0 Å². The second-order valence-corrected chi connectivity index (χ2v) is 8.41. The van der Waals surface area contributed by atoms with Gasteiger partial charge in [-0.1, -0.05) is 29.8 Å². The highest BCUT2D eigenvalue weighted by Gasteiger charge is 2.30. The average molecular weight is 437 g/mol. The lowest BCUT2D eigenvalue weighted by Gasteiger charge is -2.34. The van der Waals surface area contributed by atoms with E-state index in [2.05, 4.69) is 15.0 Å². The molecule has 1 aliphatic rings. The van der Waals surface area contributed by atoms with E-state index in [-0.39, 0.29) is 17.8 Å². The molecule has 2 N–H and O–H groups in total. The maximum atomic E-state index is 13.6. The van der Waals surface area contributed by atoms with Crippen LogP contribution in [0.4, 0.5) is 4.39 Å². The number of nitrogens with one attached hydrogen (secondary N) is 2. The Morgan fingerprint density at radius 2 is 2.13 bits per heavy atom. The lowest BCUT2D eigenvalue weighted by molar-refractivity contribution is -0.134. The smallest absolute Gasteiger partial charge is 0.227 e. The Labute approximate surface area is 184 Å². The fraction of sp³-hybridized carbons (Fsp3) is 0.250. The summed E-state index contributed by atoms with van der Waals surface area (Å²) in [5, 5.41) is 1.67. The summed E-state index contributed by atoms with van der Waals surface area (Å²) in [6, 6.07) is 12.0. The van der Waals surface area contributed by atoms with Crippen LogP contribution >= 0.6 is 11.6 Å². The van der Waals surface area contributed by atoms with Crippen molar-refractivity contribution in [1.29, 1.82) is 0 Å². The maximum absolute atomic E-state index is 13.6. The van der Waals surface area contributed by atoms with E-state index in [1.54, 1.807) is 12.3 Å². The zero-order chi connectivity index (χ0) is 21.4. The van der Waals surface area contributed by atoms with Gasteiger partial charge in [-0.05, 0) is 49.1 Å². The van der Waals surface area contributed by atoms with Crippen molar-refractivity contribution in [2.75, 3.05) is 6.54 Å². The van der Waals surface area contributed by atoms with Gasteiger partial charge in [0.25, 0.3) is 0 Å². The third kappa shape index (κ3) is 3.95. The normalized spacial score (nSPS) is 16.7. The minimum Gasteiger partial charge on any atom is -0.361 e. The van der Waals surface area contributed by atoms with Gasteiger partial charge in [0.1, 0.15) is 11.6 Å². The molecule has 4 aromatic rings. The number of H-pyrrole nitrogens is 2. The summed E-state index contributed by atoms with van der Waals surface area (Å²) in [7, 11) is 0. The van der Waals surface area contributed by atoms with Crippen LogP contribution in [-0.4, -0.2) is 32.3 Å². The van der Waals surface area contributed by atoms with Crippen LogP contribution in [0.2, 0.25) is 5.02 Å². The summed E-state index contributed by atoms with van der Waals surface area (Å²) >= 11 is 6.07. The molecule has 3 heterocycles. The lowest BCUT2D eigenvalue weighted by Crippen LogP contribution is -2.39. The van der Waals surface area contributed by atoms with Crippen LogP contribution < -0.4 is 0 Å². The van der Waals surface area contributed by atoms with Gasteiger partial charge in [-0.2, -0.15) is 0 Å². The first-order chi connectivity index (χ1) is 15.1. The predicted molar refractivity (Wildman–Crippen MR) is 119 cm³/mol. The molecule has 0 saturated carbocycles. The first kappa shape index (κ1) is 19.8. The number of hydrogen-bond acceptors (Lipinski definition) is 2. The molecule has 31 heavy (non-hydrogen) atoms. The van der Waals surface area contributed by atoms with Crippen molar-refractivity contribution in [2.45, 2.75) is 31.7 Å². The molecule has 158 valence electrons. The van der Waals surface area contributed by atoms with E-state index in [9.17, 15) is 9.18 Å². The SMILES string of the molecule is O=C(Cc1c[nH]c2cc(Cl)ccc12)N1CCCCC1c1ncc(-c2cccc(F)c2)[nH]1. The van der Waals surface area contributed by atoms with Gasteiger partial charge in [0.2, 0.25) is 5.91 Å². The number of rotatable bonds is 4. The molecule has 7 heteroatoms. The number of imidazole rings is 1. The van der Waals surface area contributed by atoms with Crippen molar-refractivity contribution in [2.24, 2.45) is 0 Å². The molecule has 5 nitrogen and oxygen atoms in total. The van der Waals surface area contributed by atoms with Crippen LogP contribution in [0.25, 0.3) is 22.2 Å². The van der Waals surface area contributed by atoms with E-state index in [0.29, 0.717) is 18.0 Å². The van der Waals surface area contributed by atoms with Crippen molar-refractivity contribution in [1.82, 2.24) is 19.9 Å². The van der Waals surface area contributed by atoms with Gasteiger partial charge < -0.3 is 14.9 Å². The molecule has 1 amide bonds. The van der Waals surface area contributed by atoms with Gasteiger partial charge in [-0.3, -0.25) is 4.79 Å². The second kappa shape index (κ2) is 8.19. The first-order valence-corrected chi connectivity index (χ1v) is 10.8. The number of aromatic amines is 2. The molecule has 1 saturated heterocycles. The summed E-state index contributed by atoms with van der Waals surface area (Å²) < 4.78 is 13.6. The van der Waals surface area contributed by atoms with E-state index in [4.69, 9.17) is 11.6 Å². The van der Waals surface area contributed by atoms with E-state index in [1.165, 1.54) is 12.1 Å². The van der Waals surface area contributed by atoms with Gasteiger partial charge in [0.15, 0.2) is 0 Å². The van der Waals surface area contributed by atoms with E-state index < -0.39 is 0 Å². The van der Waals surface area contributed by atoms with Crippen molar-refractivity contribution < 1.29 is 9.18 Å². The maximum Gasteiger partial charge on any atom is 0.227 e. The predicted octanol–water partition coefficient (Wildman–Crippen LogP) is 5.65. The largest absolute Gasteiger partial charge is 0.361 e. The Kier molecular flexibility index (Phi) is 5.24. The summed E-state index contributed by atoms with van der Waals surface area (Å²) in [5.74, 6) is 0.533. The molecule has 2 aromatic heterocycles. The number of aromatic nitrogens is 3. The molecule has 1 aliphatic heterocycles. The molecule has 1 fully saturated rings. The molecule has 1 unspecified atom stereocenters. The topological polar surface area (TPSA) is 64.8 Å². The monoisotopic (exact) mass is 436 g/mol. The third-order valence-electron chi connectivity index (χ3n) is 5.94. The number of carbonyl (C=O) groups is 1. The molecule has 0 bridgehead atoms. The molecule has 1 atom stereocenters. The van der Waals surface area contributed by atoms with Crippen molar-refractivity contribution >= 4 is 28.4 Å². The number of fused-ring (bicyclic) bond motifs is 1. The zero-order valence-corrected chi connectivity index (χ0v) is 17.6. The van der Waals surface area contributed by atoms with Gasteiger partial charge in [0.05, 0.1) is 24.4 Å². The van der Waals surface area contributed by atoms with Crippen LogP contribution in [-0.2, 0) is 11.2 Å². The Morgan fingerprint density at radius 1 is 1.23 bits per heavy atom. The van der Waals surface area contributed by atoms with Gasteiger partial charge in [-0.25, -0.2) is 9.37 Å². The summed E-state index contributed by atoms with van der Waals surface area (Å²) in [6.45, 7) is 0.702. The van der Waals surface area contributed by atoms with Crippen LogP contribution in [0, 0.1) is 5.82 Å². The Morgan fingerprint density at radius 3 is 3.00 bits per heavy atom. The summed E-state index contributed by atoms with van der Waals surface area (Å²) in [4.78, 5) is 26.3. The van der Waals surface area contributed by atoms with Crippen LogP contribution in [0.5, 0.6) is 0 Å². The standard InChI is InChI=1S/C24H22ClFN4O/c25-17-7-8-19-16(13-27-20(19)12-17)11-23(31)30-9-2-1-6-22(30)24-28-14-21(29-24)15-4-3-5-18(26)10-15/h3-5,7-8,10,12-14,22,27H,1-2,6,9,11H2,(H,28,29). The number of nitrogens with zero attached hydrogens (tertiary/aromatic N) is 2. The highest BCUT2D eigenvalue weighted by Crippen LogP contribution is 2.32. The number of amides is 1. The number of benzene rings is 2. The fourth-order valence-electron chi connectivity index (χ4n) is 4.39. The Bertz CT molecular complexity index is 1250. The van der Waals surface area contributed by atoms with Gasteiger partial charge >= 0.3 is 0 Å². The first-order valence-electron chi connectivity index (χ1n) is 10.4. The number of likely N-dealkylation sites (tertiary alicyclic amines) is 1. The van der Waals surface area contributed by atoms with E-state index in [0.717, 1.165) is 52.8 Å². The van der Waals surface area contributed by atoms with Crippen molar-refractivity contribution in [3.63, 3.8) is 0 Å². The fourth-order valence-corrected chi connectivity index (χ4v) is 4.56. The molecule has 0 radical (unpaired) electrons. The highest BCUT2D eigenvalue weighted by atomic mass is 35.5. The van der Waals surface area contributed by atoms with Crippen LogP contribution in [0.3, 0.4) is 0 Å². The molecular formula is C24H22ClFN4O. The lowest BCUT2D eigenvalue weighted by atomic mass is 10.00. The summed E-state index contributed by atoms with van der Waals surface area (Å²) in [6.07, 6.45) is 6.78. The van der Waals surface area contributed by atoms with Crippen LogP contribution in [0.1, 0.15) is 36.7 Å². The minimum atomic E-state index is -0.289. The number of piperidine rings is 1. The molecular weight excluding hydrogens is 415 g/mol. The highest BCUT2D eigenvalue weighted by molar-refractivity contribution is 6.31. The summed E-state index contributed by atoms with van der Waals surface area (Å²) in [5.41, 5.74) is 3.38. The zero-order valence-electron chi connectivity index (χ0n) is 16.9. The van der Waals surface area contributed by atoms with Crippen molar-refractivity contribution in [3.8, 4) is 11.3 Å². The van der Waals surface area contributed by atoms with E-state index >= 15 is 0 Å². The third-order valence-corrected chi connectivity index (χ3v) is 6.18. The van der Waals surface area contributed by atoms with Crippen LogP contribution in [0.15, 0.2) is 54.9 Å². The number of hydrogen-bond donors (Lipinski definition) is 2. The number of carbonyl (C=O) groups excluding carboxylic acids is 1. The average Bonchev–Trinajstić information content (AvgIpc) is 3.41. The quantitative estimate of drug-likeness (QED) is 0.434. The van der Waals surface area contributed by atoms with E-state index in [1.807, 2.05) is 35.4 Å². The molecule has 0 aliphatic carbocycles. The molecule has 5 rings (SSSR count). The Hall–Kier alpha value is -3.12. The Balaban J connectivity index is 1.38. The molecule has 0 spiro atoms. The van der Waals surface area contributed by atoms with Crippen molar-refractivity contribution in [3.05, 3.63) is 77.1 Å². The van der Waals surface area contributed by atoms with Gasteiger partial charge in [0, 0.05) is 34.2 Å². The number of halogens is 2. The minimum absolute atomic E-state index is 0.0734. The second-order valence-electron chi connectivity index (χ2n) is 7.97. The molecule has 2 aromatic carbocycles.